The van der Waals surface area contributed by atoms with Crippen molar-refractivity contribution in [2.75, 3.05) is 5.32 Å². The molecule has 0 saturated carbocycles. The Labute approximate surface area is 150 Å². The molecule has 1 atom stereocenters. The molecule has 0 bridgehead atoms. The standard InChI is InChI=1S/C18H12F4N4O/c19-14-7-2-1-6-12(14)15-24-16-13(17(27)25-15)9-23-26(16)11-5-3-4-10(8-11)18(20,21)22/h1-9,15,24H,(H,25,27). The first-order valence-corrected chi connectivity index (χ1v) is 7.92. The van der Waals surface area contributed by atoms with E-state index in [4.69, 9.17) is 0 Å². The molecule has 0 fully saturated rings. The van der Waals surface area contributed by atoms with Crippen LogP contribution in [0.3, 0.4) is 0 Å². The van der Waals surface area contributed by atoms with Crippen LogP contribution in [0.2, 0.25) is 0 Å². The third kappa shape index (κ3) is 3.01. The predicted octanol–water partition coefficient (Wildman–Crippen LogP) is 3.88. The summed E-state index contributed by atoms with van der Waals surface area (Å²) in [6, 6.07) is 10.5. The van der Waals surface area contributed by atoms with Crippen LogP contribution in [0.15, 0.2) is 54.7 Å². The number of halogens is 4. The molecule has 0 radical (unpaired) electrons. The van der Waals surface area contributed by atoms with E-state index in [0.29, 0.717) is 0 Å². The van der Waals surface area contributed by atoms with E-state index in [0.717, 1.165) is 12.1 Å². The molecule has 2 heterocycles. The predicted molar refractivity (Wildman–Crippen MR) is 88.8 cm³/mol. The molecule has 1 aliphatic heterocycles. The van der Waals surface area contributed by atoms with Gasteiger partial charge in [0.1, 0.15) is 23.4 Å². The van der Waals surface area contributed by atoms with E-state index in [1.165, 1.54) is 41.2 Å². The molecule has 1 amide bonds. The molecular formula is C18H12F4N4O. The number of aromatic nitrogens is 2. The lowest BCUT2D eigenvalue weighted by Crippen LogP contribution is -2.39. The van der Waals surface area contributed by atoms with Crippen LogP contribution < -0.4 is 10.6 Å². The number of fused-ring (bicyclic) bond motifs is 1. The van der Waals surface area contributed by atoms with Crippen molar-refractivity contribution in [2.24, 2.45) is 0 Å². The fourth-order valence-corrected chi connectivity index (χ4v) is 2.91. The molecule has 27 heavy (non-hydrogen) atoms. The lowest BCUT2D eigenvalue weighted by atomic mass is 10.1. The zero-order chi connectivity index (χ0) is 19.2. The second kappa shape index (κ2) is 6.11. The van der Waals surface area contributed by atoms with Crippen LogP contribution >= 0.6 is 0 Å². The maximum absolute atomic E-state index is 14.1. The Kier molecular flexibility index (Phi) is 3.87. The molecule has 0 aliphatic carbocycles. The minimum atomic E-state index is -4.51. The van der Waals surface area contributed by atoms with Gasteiger partial charge in [-0.1, -0.05) is 24.3 Å². The number of hydrogen-bond donors (Lipinski definition) is 2. The van der Waals surface area contributed by atoms with Gasteiger partial charge < -0.3 is 10.6 Å². The highest BCUT2D eigenvalue weighted by molar-refractivity contribution is 6.01. The number of nitrogens with one attached hydrogen (secondary N) is 2. The molecule has 1 aliphatic rings. The average molecular weight is 376 g/mol. The van der Waals surface area contributed by atoms with Crippen molar-refractivity contribution in [3.63, 3.8) is 0 Å². The van der Waals surface area contributed by atoms with Crippen molar-refractivity contribution in [3.05, 3.63) is 77.2 Å². The minimum absolute atomic E-state index is 0.126. The van der Waals surface area contributed by atoms with Crippen molar-refractivity contribution in [2.45, 2.75) is 12.3 Å². The molecule has 2 aromatic carbocycles. The smallest absolute Gasteiger partial charge is 0.345 e. The molecule has 0 spiro atoms. The lowest BCUT2D eigenvalue weighted by Gasteiger charge is -2.27. The summed E-state index contributed by atoms with van der Waals surface area (Å²) in [4.78, 5) is 12.3. The van der Waals surface area contributed by atoms with E-state index in [1.807, 2.05) is 0 Å². The van der Waals surface area contributed by atoms with Gasteiger partial charge in [-0.05, 0) is 24.3 Å². The van der Waals surface area contributed by atoms with Crippen LogP contribution in [0.1, 0.15) is 27.7 Å². The second-order valence-corrected chi connectivity index (χ2v) is 5.94. The number of benzene rings is 2. The second-order valence-electron chi connectivity index (χ2n) is 5.94. The van der Waals surface area contributed by atoms with E-state index >= 15 is 0 Å². The number of anilines is 1. The quantitative estimate of drug-likeness (QED) is 0.668. The molecule has 3 aromatic rings. The first-order valence-electron chi connectivity index (χ1n) is 7.92. The van der Waals surface area contributed by atoms with Gasteiger partial charge in [-0.25, -0.2) is 9.07 Å². The first-order chi connectivity index (χ1) is 12.8. The highest BCUT2D eigenvalue weighted by atomic mass is 19.4. The molecule has 0 saturated heterocycles. The summed E-state index contributed by atoms with van der Waals surface area (Å²) >= 11 is 0. The summed E-state index contributed by atoms with van der Waals surface area (Å²) in [5, 5.41) is 9.57. The van der Waals surface area contributed by atoms with Crippen molar-refractivity contribution in [1.82, 2.24) is 15.1 Å². The molecule has 2 N–H and O–H groups in total. The van der Waals surface area contributed by atoms with Crippen LogP contribution in [0.4, 0.5) is 23.4 Å². The van der Waals surface area contributed by atoms with Crippen LogP contribution in [0.25, 0.3) is 5.69 Å². The third-order valence-corrected chi connectivity index (χ3v) is 4.20. The van der Waals surface area contributed by atoms with Gasteiger partial charge in [-0.2, -0.15) is 18.3 Å². The lowest BCUT2D eigenvalue weighted by molar-refractivity contribution is -0.137. The van der Waals surface area contributed by atoms with Crippen molar-refractivity contribution >= 4 is 11.7 Å². The topological polar surface area (TPSA) is 59.0 Å². The molecule has 5 nitrogen and oxygen atoms in total. The monoisotopic (exact) mass is 376 g/mol. The van der Waals surface area contributed by atoms with Gasteiger partial charge in [0.05, 0.1) is 17.4 Å². The number of amides is 1. The van der Waals surface area contributed by atoms with Crippen LogP contribution in [-0.2, 0) is 6.18 Å². The SMILES string of the molecule is O=C1NC(c2ccccc2F)Nc2c1cnn2-c1cccc(C(F)(F)F)c1. The van der Waals surface area contributed by atoms with Crippen LogP contribution in [0, 0.1) is 5.82 Å². The molecule has 1 unspecified atom stereocenters. The Bertz CT molecular complexity index is 1030. The van der Waals surface area contributed by atoms with Crippen molar-refractivity contribution in [1.29, 1.82) is 0 Å². The molecular weight excluding hydrogens is 364 g/mol. The summed E-state index contributed by atoms with van der Waals surface area (Å²) < 4.78 is 54.2. The fraction of sp³-hybridized carbons (Fsp3) is 0.111. The van der Waals surface area contributed by atoms with Gasteiger partial charge in [0.2, 0.25) is 0 Å². The fourth-order valence-electron chi connectivity index (χ4n) is 2.91. The molecule has 138 valence electrons. The Morgan fingerprint density at radius 1 is 1.04 bits per heavy atom. The average Bonchev–Trinajstić information content (AvgIpc) is 3.06. The summed E-state index contributed by atoms with van der Waals surface area (Å²) in [5.74, 6) is -0.842. The van der Waals surface area contributed by atoms with Crippen LogP contribution in [-0.4, -0.2) is 15.7 Å². The van der Waals surface area contributed by atoms with Gasteiger partial charge >= 0.3 is 6.18 Å². The molecule has 1 aromatic heterocycles. The van der Waals surface area contributed by atoms with E-state index in [2.05, 4.69) is 15.7 Å². The zero-order valence-corrected chi connectivity index (χ0v) is 13.6. The normalized spacial score (nSPS) is 16.4. The maximum Gasteiger partial charge on any atom is 0.416 e. The molecule has 4 rings (SSSR count). The van der Waals surface area contributed by atoms with E-state index in [1.54, 1.807) is 6.07 Å². The number of nitrogens with zero attached hydrogens (tertiary/aromatic N) is 2. The van der Waals surface area contributed by atoms with Crippen molar-refractivity contribution < 1.29 is 22.4 Å². The highest BCUT2D eigenvalue weighted by Crippen LogP contribution is 2.33. The number of carbonyl (C=O) groups is 1. The zero-order valence-electron chi connectivity index (χ0n) is 13.6. The summed E-state index contributed by atoms with van der Waals surface area (Å²) in [5.41, 5.74) is -0.357. The van der Waals surface area contributed by atoms with E-state index in [9.17, 15) is 22.4 Å². The van der Waals surface area contributed by atoms with E-state index in [-0.39, 0.29) is 22.6 Å². The minimum Gasteiger partial charge on any atom is -0.345 e. The number of alkyl halides is 3. The largest absolute Gasteiger partial charge is 0.416 e. The van der Waals surface area contributed by atoms with Gasteiger partial charge in [0.15, 0.2) is 0 Å². The van der Waals surface area contributed by atoms with Gasteiger partial charge in [0.25, 0.3) is 5.91 Å². The Morgan fingerprint density at radius 2 is 1.81 bits per heavy atom. The van der Waals surface area contributed by atoms with E-state index < -0.39 is 29.6 Å². The molecule has 9 heteroatoms. The summed E-state index contributed by atoms with van der Waals surface area (Å²) in [6.07, 6.45) is -4.15. The summed E-state index contributed by atoms with van der Waals surface area (Å²) in [6.45, 7) is 0. The number of rotatable bonds is 2. The number of hydrogen-bond acceptors (Lipinski definition) is 3. The van der Waals surface area contributed by atoms with Gasteiger partial charge in [0, 0.05) is 5.56 Å². The maximum atomic E-state index is 14.1. The van der Waals surface area contributed by atoms with Gasteiger partial charge in [-0.3, -0.25) is 4.79 Å². The van der Waals surface area contributed by atoms with Crippen LogP contribution in [0.5, 0.6) is 0 Å². The third-order valence-electron chi connectivity index (χ3n) is 4.20. The Morgan fingerprint density at radius 3 is 2.56 bits per heavy atom. The first kappa shape index (κ1) is 17.1. The Balaban J connectivity index is 1.76. The van der Waals surface area contributed by atoms with Gasteiger partial charge in [-0.15, -0.1) is 0 Å². The summed E-state index contributed by atoms with van der Waals surface area (Å²) in [7, 11) is 0. The number of carbonyl (C=O) groups excluding carboxylic acids is 1. The highest BCUT2D eigenvalue weighted by Gasteiger charge is 2.32. The van der Waals surface area contributed by atoms with Crippen molar-refractivity contribution in [3.8, 4) is 5.69 Å². The Hall–Kier alpha value is -3.36.